The van der Waals surface area contributed by atoms with Gasteiger partial charge < -0.3 is 52.4 Å². The summed E-state index contributed by atoms with van der Waals surface area (Å²) >= 11 is 32.2. The van der Waals surface area contributed by atoms with Gasteiger partial charge in [-0.1, -0.05) is 82.3 Å². The van der Waals surface area contributed by atoms with E-state index in [2.05, 4.69) is 30.9 Å². The Morgan fingerprint density at radius 2 is 0.912 bits per heavy atom. The molecule has 0 saturated heterocycles. The third-order valence-electron chi connectivity index (χ3n) is 14.2. The van der Waals surface area contributed by atoms with Gasteiger partial charge in [0.2, 0.25) is 5.78 Å². The number of sulfonamides is 3. The van der Waals surface area contributed by atoms with Crippen molar-refractivity contribution in [2.75, 3.05) is 75.8 Å². The van der Waals surface area contributed by atoms with Crippen molar-refractivity contribution in [1.82, 2.24) is 15.0 Å². The summed E-state index contributed by atoms with van der Waals surface area (Å²) in [7, 11) is -6.63. The van der Waals surface area contributed by atoms with E-state index in [0.29, 0.717) is 33.1 Å². The normalized spacial score (nSPS) is 11.7. The molecule has 9 aromatic rings. The number of halogens is 19. The zero-order valence-electron chi connectivity index (χ0n) is 59.2. The maximum absolute atomic E-state index is 14.7. The van der Waals surface area contributed by atoms with Crippen molar-refractivity contribution in [2.45, 2.75) is 53.2 Å². The molecule has 0 spiro atoms. The van der Waals surface area contributed by atoms with Gasteiger partial charge in [-0.3, -0.25) is 14.6 Å². The average molecular weight is 1850 g/mol. The molecule has 0 radical (unpaired) electrons. The molecule has 0 aliphatic rings. The number of ether oxygens (including phenoxy) is 6. The number of hydrogen-bond donors (Lipinski definition) is 1. The number of alkyl halides is 9. The van der Waals surface area contributed by atoms with Crippen LogP contribution in [0.3, 0.4) is 0 Å². The van der Waals surface area contributed by atoms with E-state index in [0.717, 1.165) is 97.6 Å². The Morgan fingerprint density at radius 3 is 1.35 bits per heavy atom. The zero-order chi connectivity index (χ0) is 83.5. The summed E-state index contributed by atoms with van der Waals surface area (Å²) in [6.07, 6.45) is -10.6. The summed E-state index contributed by atoms with van der Waals surface area (Å²) in [4.78, 5) is 33.3. The van der Waals surface area contributed by atoms with E-state index in [9.17, 15) is 92.6 Å². The third kappa shape index (κ3) is 25.4. The summed E-state index contributed by atoms with van der Waals surface area (Å²) < 4.78 is 272. The van der Waals surface area contributed by atoms with E-state index < -0.39 is 156 Å². The van der Waals surface area contributed by atoms with Gasteiger partial charge in [-0.15, -0.1) is 0 Å². The van der Waals surface area contributed by atoms with Gasteiger partial charge in [-0.25, -0.2) is 61.3 Å². The minimum absolute atomic E-state index is 0. The molecule has 3 heterocycles. The molecular formula is C69H59BrCl6F12MgN6O15S3. The fourth-order valence-corrected chi connectivity index (χ4v) is 15.0. The Kier molecular flexibility index (Phi) is 38.6. The van der Waals surface area contributed by atoms with Crippen LogP contribution in [0.4, 0.5) is 69.7 Å². The van der Waals surface area contributed by atoms with Crippen LogP contribution in [0.15, 0.2) is 171 Å². The zero-order valence-corrected chi connectivity index (χ0v) is 69.2. The number of ketones is 1. The minimum atomic E-state index is -4.95. The molecule has 6 aromatic carbocycles. The van der Waals surface area contributed by atoms with Crippen molar-refractivity contribution < 1.29 is 133 Å². The van der Waals surface area contributed by atoms with Gasteiger partial charge in [0.15, 0.2) is 6.29 Å². The molecule has 0 aliphatic carbocycles. The second kappa shape index (κ2) is 43.6. The topological polar surface area (TPSA) is 261 Å². The van der Waals surface area contributed by atoms with Gasteiger partial charge >= 0.3 is 41.6 Å². The summed E-state index contributed by atoms with van der Waals surface area (Å²) in [5.41, 5.74) is -6.53. The molecule has 0 fully saturated rings. The van der Waals surface area contributed by atoms with Crippen molar-refractivity contribution >= 4 is 156 Å². The van der Waals surface area contributed by atoms with Crippen LogP contribution in [-0.2, 0) is 62.8 Å². The fraction of sp³-hybridized carbons (Fsp3) is 0.217. The summed E-state index contributed by atoms with van der Waals surface area (Å²) in [5, 5.41) is 9.58. The van der Waals surface area contributed by atoms with Crippen molar-refractivity contribution in [3.63, 3.8) is 0 Å². The van der Waals surface area contributed by atoms with E-state index >= 15 is 0 Å². The Labute approximate surface area is 695 Å². The van der Waals surface area contributed by atoms with Crippen LogP contribution in [0.5, 0.6) is 17.2 Å². The number of aliphatic hydroxyl groups is 1. The average Bonchev–Trinajstić information content (AvgIpc) is 0.766. The van der Waals surface area contributed by atoms with Gasteiger partial charge in [-0.05, 0) is 125 Å². The van der Waals surface area contributed by atoms with Gasteiger partial charge in [-0.2, -0.15) is 53.4 Å². The number of hydrogen-bond acceptors (Lipinski definition) is 18. The molecular weight excluding hydrogens is 1790 g/mol. The van der Waals surface area contributed by atoms with Crippen molar-refractivity contribution in [3.8, 4) is 17.2 Å². The van der Waals surface area contributed by atoms with E-state index in [-0.39, 0.29) is 101 Å². The van der Waals surface area contributed by atoms with E-state index in [1.54, 1.807) is 0 Å². The number of nitrogens with zero attached hydrogens (tertiary/aromatic N) is 6. The molecule has 0 amide bonds. The number of anilines is 3. The fourth-order valence-electron chi connectivity index (χ4n) is 9.29. The van der Waals surface area contributed by atoms with Crippen LogP contribution in [0, 0.1) is 23.9 Å². The minimum Gasteiger partial charge on any atom is -1.00 e. The first-order valence-electron chi connectivity index (χ1n) is 30.4. The first-order chi connectivity index (χ1) is 51.9. The Hall–Kier alpha value is -7.25. The van der Waals surface area contributed by atoms with Crippen molar-refractivity contribution in [2.24, 2.45) is 0 Å². The van der Waals surface area contributed by atoms with Crippen LogP contribution in [0.2, 0.25) is 25.1 Å². The smallest absolute Gasteiger partial charge is 1.00 e. The first-order valence-corrected chi connectivity index (χ1v) is 37.4. The van der Waals surface area contributed by atoms with E-state index in [1.807, 2.05) is 20.3 Å². The van der Waals surface area contributed by atoms with E-state index in [1.165, 1.54) is 83.2 Å². The molecule has 1 atom stereocenters. The second-order valence-electron chi connectivity index (χ2n) is 21.6. The van der Waals surface area contributed by atoms with Crippen LogP contribution < -0.4 is 39.5 Å². The summed E-state index contributed by atoms with van der Waals surface area (Å²) in [6, 6.07) is 22.5. The molecule has 0 bridgehead atoms. The van der Waals surface area contributed by atoms with Gasteiger partial charge in [0.1, 0.15) is 76.9 Å². The monoisotopic (exact) mass is 1850 g/mol. The number of carbonyl (C=O) groups is 2. The molecule has 608 valence electrons. The molecule has 3 aromatic heterocycles. The second-order valence-corrected chi connectivity index (χ2v) is 30.1. The van der Waals surface area contributed by atoms with Crippen LogP contribution >= 0.6 is 73.9 Å². The van der Waals surface area contributed by atoms with Crippen LogP contribution in [0.25, 0.3) is 0 Å². The number of aliphatic hydroxyl groups excluding tert-OH is 1. The standard InChI is InChI=1S/C22H18Cl2F4N2O5S.C22H16Cl2F4N2O5S.C14H11BrClF3N2O3S.C8H7FO2.C3H7.ClH.Mg/c2*1-34-11-30(36(32,33)13-6-7-15(24)14(9-13)22(26,27)28)17-8-12(23)10-29-20(17)21(31)19-16(25)4-3-5-18(19)35-2;1-24-8-21(12-6-10(16)7-20-13(12)15)25(22,23)11-4-2-3-9(5-11)14(17,18)19;1-11-8-4-2-3-7(9)6(8)5-10;1-3-2;;/h3-10,21,31H,11H2,1-2H3;3-10H,11H2,1-2H3;2-7H,8H2,1H3;2-5H,1H3;3H,1-2H3;1H;/q;;;;-1;;+2/p-1. The Balaban J connectivity index is 0.000000405. The van der Waals surface area contributed by atoms with Gasteiger partial charge in [0.05, 0.1) is 112 Å². The Bertz CT molecular complexity index is 5140. The number of rotatable bonds is 23. The first kappa shape index (κ1) is 99.9. The number of pyridine rings is 3. The number of methoxy groups -OCH3 is 6. The molecule has 21 nitrogen and oxygen atoms in total. The van der Waals surface area contributed by atoms with Gasteiger partial charge in [0.25, 0.3) is 30.1 Å². The molecule has 113 heavy (non-hydrogen) atoms. The third-order valence-corrected chi connectivity index (χ3v) is 21.3. The molecule has 1 N–H and O–H groups in total. The number of benzene rings is 6. The molecule has 0 aliphatic heterocycles. The number of aromatic nitrogens is 3. The number of carbonyl (C=O) groups excluding carboxylic acids is 2. The van der Waals surface area contributed by atoms with Crippen molar-refractivity contribution in [1.29, 1.82) is 0 Å². The SMILES string of the molecule is COCN(c1cc(Cl)cnc1Br)S(=O)(=O)c1cccc(C(F)(F)F)c1.COCN(c1cc(Cl)cnc1C(=O)c1c(F)cccc1OC)S(=O)(=O)c1ccc(Cl)c(C(F)(F)F)c1.COCN(c1cc(Cl)cnc1C(O)c1c(F)cccc1OC)S(=O)(=O)c1ccc(Cl)c(C(F)(F)F)c1.COc1cccc(F)c1C=O.C[CH-]C.[Cl-].[Mg+2]. The summed E-state index contributed by atoms with van der Waals surface area (Å²) in [5.74, 6) is -3.43. The largest absolute Gasteiger partial charge is 2.00 e. The number of aldehydes is 1. The molecule has 0 saturated carbocycles. The van der Waals surface area contributed by atoms with Crippen LogP contribution in [-0.4, -0.2) is 143 Å². The maximum Gasteiger partial charge on any atom is 2.00 e. The quantitative estimate of drug-likeness (QED) is 0.0119. The Morgan fingerprint density at radius 1 is 0.522 bits per heavy atom. The van der Waals surface area contributed by atoms with E-state index in [4.69, 9.17) is 86.4 Å². The molecule has 1 unspecified atom stereocenters. The van der Waals surface area contributed by atoms with Crippen LogP contribution in [0.1, 0.15) is 74.3 Å². The predicted octanol–water partition coefficient (Wildman–Crippen LogP) is 14.8. The summed E-state index contributed by atoms with van der Waals surface area (Å²) in [6.45, 7) is 2.07. The maximum atomic E-state index is 14.7. The van der Waals surface area contributed by atoms with Gasteiger partial charge in [0, 0.05) is 39.9 Å². The molecule has 9 rings (SSSR count). The van der Waals surface area contributed by atoms with Crippen molar-refractivity contribution in [3.05, 3.63) is 250 Å². The predicted molar refractivity (Wildman–Crippen MR) is 398 cm³/mol. The molecule has 44 heteroatoms.